The molecule has 0 fully saturated rings. The lowest BCUT2D eigenvalue weighted by Gasteiger charge is -2.14. The molecule has 0 aliphatic carbocycles. The van der Waals surface area contributed by atoms with Crippen LogP contribution >= 0.6 is 0 Å². The Hall–Kier alpha value is -0.0900. The molecule has 0 unspecified atom stereocenters. The Morgan fingerprint density at radius 3 is 1.62 bits per heavy atom. The maximum atomic E-state index is 9.94. The van der Waals surface area contributed by atoms with Gasteiger partial charge in [-0.25, -0.2) is 13.1 Å². The summed E-state index contributed by atoms with van der Waals surface area (Å²) in [5.74, 6) is 0. The SMILES string of the molecule is CC(C)(C)N[SH](=O)=O. The van der Waals surface area contributed by atoms with Crippen molar-refractivity contribution < 1.29 is 8.42 Å². The first kappa shape index (κ1) is 7.91. The van der Waals surface area contributed by atoms with E-state index in [0.717, 1.165) is 0 Å². The molecule has 0 amide bonds. The van der Waals surface area contributed by atoms with Gasteiger partial charge in [0.15, 0.2) is 0 Å². The minimum atomic E-state index is -2.44. The number of nitrogens with one attached hydrogen (secondary N) is 1. The summed E-state index contributed by atoms with van der Waals surface area (Å²) in [6.45, 7) is 5.37. The van der Waals surface area contributed by atoms with Gasteiger partial charge < -0.3 is 0 Å². The summed E-state index contributed by atoms with van der Waals surface area (Å²) < 4.78 is 22.2. The number of hydrogen-bond donors (Lipinski definition) is 2. The Balaban J connectivity index is 3.73. The summed E-state index contributed by atoms with van der Waals surface area (Å²) in [6.07, 6.45) is 0. The van der Waals surface area contributed by atoms with Crippen LogP contribution in [0.4, 0.5) is 0 Å². The predicted molar refractivity (Wildman–Crippen MR) is 33.2 cm³/mol. The largest absolute Gasteiger partial charge is 0.215 e. The molecule has 0 atom stereocenters. The quantitative estimate of drug-likeness (QED) is 0.496. The van der Waals surface area contributed by atoms with Gasteiger partial charge in [0, 0.05) is 5.54 Å². The summed E-state index contributed by atoms with van der Waals surface area (Å²) in [6, 6.07) is 0. The van der Waals surface area contributed by atoms with Crippen molar-refractivity contribution in [1.29, 1.82) is 0 Å². The van der Waals surface area contributed by atoms with E-state index >= 15 is 0 Å². The highest BCUT2D eigenvalue weighted by Crippen LogP contribution is 1.96. The van der Waals surface area contributed by atoms with E-state index in [0.29, 0.717) is 0 Å². The van der Waals surface area contributed by atoms with E-state index in [1.54, 1.807) is 20.8 Å². The van der Waals surface area contributed by atoms with Gasteiger partial charge in [-0.15, -0.1) is 0 Å². The molecule has 8 heavy (non-hydrogen) atoms. The van der Waals surface area contributed by atoms with E-state index in [1.807, 2.05) is 0 Å². The van der Waals surface area contributed by atoms with Gasteiger partial charge in [0.1, 0.15) is 0 Å². The fourth-order valence-electron chi connectivity index (χ4n) is 0.274. The Labute approximate surface area is 51.2 Å². The molecule has 0 rings (SSSR count). The third kappa shape index (κ3) is 5.91. The van der Waals surface area contributed by atoms with Crippen LogP contribution in [-0.4, -0.2) is 14.0 Å². The fourth-order valence-corrected chi connectivity index (χ4v) is 0.822. The van der Waals surface area contributed by atoms with Crippen molar-refractivity contribution in [1.82, 2.24) is 4.72 Å². The average molecular weight is 137 g/mol. The summed E-state index contributed by atoms with van der Waals surface area (Å²) in [7, 11) is -2.44. The van der Waals surface area contributed by atoms with Crippen molar-refractivity contribution in [3.63, 3.8) is 0 Å². The monoisotopic (exact) mass is 137 g/mol. The van der Waals surface area contributed by atoms with Gasteiger partial charge in [-0.3, -0.25) is 0 Å². The molecule has 3 nitrogen and oxygen atoms in total. The number of rotatable bonds is 1. The van der Waals surface area contributed by atoms with Gasteiger partial charge in [0.25, 0.3) is 0 Å². The summed E-state index contributed by atoms with van der Waals surface area (Å²) in [5.41, 5.74) is -0.324. The van der Waals surface area contributed by atoms with Crippen LogP contribution in [0.15, 0.2) is 0 Å². The summed E-state index contributed by atoms with van der Waals surface area (Å²) >= 11 is 0. The molecule has 0 spiro atoms. The molecule has 0 radical (unpaired) electrons. The Bertz CT molecular complexity index is 125. The van der Waals surface area contributed by atoms with Crippen molar-refractivity contribution in [3.8, 4) is 0 Å². The van der Waals surface area contributed by atoms with E-state index in [4.69, 9.17) is 0 Å². The molecule has 0 bridgehead atoms. The maximum absolute atomic E-state index is 9.94. The van der Waals surface area contributed by atoms with Crippen LogP contribution in [-0.2, 0) is 10.9 Å². The maximum Gasteiger partial charge on any atom is 0.201 e. The molecule has 0 aliphatic rings. The van der Waals surface area contributed by atoms with E-state index in [9.17, 15) is 8.42 Å². The molecular formula is C4H11NO2S. The Morgan fingerprint density at radius 2 is 1.62 bits per heavy atom. The van der Waals surface area contributed by atoms with Crippen molar-refractivity contribution in [3.05, 3.63) is 0 Å². The molecule has 4 heteroatoms. The molecule has 1 N–H and O–H groups in total. The van der Waals surface area contributed by atoms with E-state index < -0.39 is 10.9 Å². The fraction of sp³-hybridized carbons (Fsp3) is 1.00. The average Bonchev–Trinajstić information content (AvgIpc) is 1.21. The summed E-state index contributed by atoms with van der Waals surface area (Å²) in [5, 5.41) is 0. The molecule has 0 heterocycles. The van der Waals surface area contributed by atoms with E-state index in [-0.39, 0.29) is 5.54 Å². The molecule has 0 saturated heterocycles. The van der Waals surface area contributed by atoms with Gasteiger partial charge in [-0.2, -0.15) is 0 Å². The molecule has 50 valence electrons. The van der Waals surface area contributed by atoms with Crippen LogP contribution in [0, 0.1) is 0 Å². The highest BCUT2D eigenvalue weighted by atomic mass is 32.2. The zero-order valence-electron chi connectivity index (χ0n) is 5.26. The first-order chi connectivity index (χ1) is 3.42. The van der Waals surface area contributed by atoms with Crippen molar-refractivity contribution >= 4 is 10.9 Å². The second-order valence-electron chi connectivity index (χ2n) is 2.62. The number of hydrogen-bond acceptors (Lipinski definition) is 2. The zero-order chi connectivity index (χ0) is 6.78. The van der Waals surface area contributed by atoms with E-state index in [2.05, 4.69) is 4.72 Å². The second-order valence-corrected chi connectivity index (χ2v) is 3.36. The predicted octanol–water partition coefficient (Wildman–Crippen LogP) is -0.0991. The highest BCUT2D eigenvalue weighted by Gasteiger charge is 2.07. The van der Waals surface area contributed by atoms with Gasteiger partial charge in [-0.1, -0.05) is 0 Å². The van der Waals surface area contributed by atoms with Crippen molar-refractivity contribution in [2.24, 2.45) is 0 Å². The Kier molecular flexibility index (Phi) is 2.43. The van der Waals surface area contributed by atoms with Crippen LogP contribution < -0.4 is 4.72 Å². The van der Waals surface area contributed by atoms with E-state index in [1.165, 1.54) is 0 Å². The highest BCUT2D eigenvalue weighted by molar-refractivity contribution is 7.70. The van der Waals surface area contributed by atoms with Gasteiger partial charge in [0.05, 0.1) is 0 Å². The minimum absolute atomic E-state index is 0.324. The van der Waals surface area contributed by atoms with Gasteiger partial charge >= 0.3 is 0 Å². The molecule has 0 aromatic carbocycles. The van der Waals surface area contributed by atoms with Crippen LogP contribution in [0.3, 0.4) is 0 Å². The number of thiol groups is 1. The zero-order valence-corrected chi connectivity index (χ0v) is 6.16. The molecular weight excluding hydrogens is 126 g/mol. The molecule has 0 saturated carbocycles. The second kappa shape index (κ2) is 2.46. The van der Waals surface area contributed by atoms with Crippen molar-refractivity contribution in [2.75, 3.05) is 0 Å². The Morgan fingerprint density at radius 1 is 1.25 bits per heavy atom. The van der Waals surface area contributed by atoms with Crippen LogP contribution in [0.2, 0.25) is 0 Å². The van der Waals surface area contributed by atoms with Gasteiger partial charge in [0.2, 0.25) is 10.9 Å². The summed E-state index contributed by atoms with van der Waals surface area (Å²) in [4.78, 5) is 0. The normalized spacial score (nSPS) is 12.5. The molecule has 0 aromatic rings. The van der Waals surface area contributed by atoms with Gasteiger partial charge in [-0.05, 0) is 20.8 Å². The smallest absolute Gasteiger partial charge is 0.201 e. The third-order valence-corrected chi connectivity index (χ3v) is 1.28. The van der Waals surface area contributed by atoms with Crippen LogP contribution in [0.25, 0.3) is 0 Å². The lowest BCUT2D eigenvalue weighted by atomic mass is 10.1. The van der Waals surface area contributed by atoms with Crippen LogP contribution in [0.1, 0.15) is 20.8 Å². The first-order valence-electron chi connectivity index (χ1n) is 2.34. The first-order valence-corrected chi connectivity index (χ1v) is 3.52. The minimum Gasteiger partial charge on any atom is -0.215 e. The lowest BCUT2D eigenvalue weighted by molar-refractivity contribution is 0.503. The molecule has 0 aromatic heterocycles. The lowest BCUT2D eigenvalue weighted by Crippen LogP contribution is -2.34. The van der Waals surface area contributed by atoms with Crippen molar-refractivity contribution in [2.45, 2.75) is 26.3 Å². The van der Waals surface area contributed by atoms with Crippen LogP contribution in [0.5, 0.6) is 0 Å². The standard InChI is InChI=1S/C4H11NO2S/c1-4(2,3)5-8(6)7/h8H,1-3H3,(H,5,6,7). The topological polar surface area (TPSA) is 46.2 Å². The molecule has 0 aliphatic heterocycles. The third-order valence-electron chi connectivity index (χ3n) is 0.427.